The van der Waals surface area contributed by atoms with E-state index in [0.29, 0.717) is 10.6 Å². The van der Waals surface area contributed by atoms with Gasteiger partial charge in [-0.25, -0.2) is 4.39 Å². The summed E-state index contributed by atoms with van der Waals surface area (Å²) in [6.07, 6.45) is -0.884. The zero-order valence-electron chi connectivity index (χ0n) is 7.91. The van der Waals surface area contributed by atoms with Gasteiger partial charge in [0, 0.05) is 5.02 Å². The molecule has 1 aromatic rings. The van der Waals surface area contributed by atoms with Crippen LogP contribution in [0.5, 0.6) is 0 Å². The van der Waals surface area contributed by atoms with Gasteiger partial charge in [0.25, 0.3) is 0 Å². The number of hydrogen-bond acceptors (Lipinski definition) is 1. The van der Waals surface area contributed by atoms with Crippen LogP contribution in [0.4, 0.5) is 4.39 Å². The van der Waals surface area contributed by atoms with Crippen molar-refractivity contribution in [3.05, 3.63) is 34.9 Å². The van der Waals surface area contributed by atoms with Gasteiger partial charge in [-0.1, -0.05) is 23.7 Å². The minimum atomic E-state index is -1.04. The van der Waals surface area contributed by atoms with Crippen LogP contribution >= 0.6 is 11.6 Å². The van der Waals surface area contributed by atoms with Gasteiger partial charge in [-0.3, -0.25) is 4.79 Å². The van der Waals surface area contributed by atoms with E-state index in [1.807, 2.05) is 0 Å². The Morgan fingerprint density at radius 1 is 1.40 bits per heavy atom. The third-order valence-corrected chi connectivity index (χ3v) is 3.20. The molecule has 1 aliphatic carbocycles. The minimum absolute atomic E-state index is 0.0595. The standard InChI is InChI=1S/C11H10ClFO2/c12-8-3-1-7(2-4-8)11(10(14)15)5-9(13)6-11/h1-4,9H,5-6H2,(H,14,15). The van der Waals surface area contributed by atoms with Crippen molar-refractivity contribution in [2.75, 3.05) is 0 Å². The van der Waals surface area contributed by atoms with E-state index in [4.69, 9.17) is 16.7 Å². The van der Waals surface area contributed by atoms with Crippen molar-refractivity contribution < 1.29 is 14.3 Å². The van der Waals surface area contributed by atoms with E-state index in [0.717, 1.165) is 0 Å². The average molecular weight is 229 g/mol. The molecule has 1 N–H and O–H groups in total. The average Bonchev–Trinajstić information content (AvgIpc) is 2.13. The summed E-state index contributed by atoms with van der Waals surface area (Å²) in [5.41, 5.74) is -0.405. The van der Waals surface area contributed by atoms with Crippen LogP contribution < -0.4 is 0 Å². The van der Waals surface area contributed by atoms with Crippen LogP contribution in [0, 0.1) is 0 Å². The molecule has 0 aliphatic heterocycles. The fourth-order valence-electron chi connectivity index (χ4n) is 2.00. The lowest BCUT2D eigenvalue weighted by Gasteiger charge is -2.40. The Labute approximate surface area is 91.7 Å². The lowest BCUT2D eigenvalue weighted by atomic mass is 9.63. The number of carboxylic acid groups (broad SMARTS) is 1. The Morgan fingerprint density at radius 2 is 1.93 bits per heavy atom. The van der Waals surface area contributed by atoms with Gasteiger partial charge in [-0.05, 0) is 30.5 Å². The van der Waals surface area contributed by atoms with Crippen LogP contribution in [0.25, 0.3) is 0 Å². The largest absolute Gasteiger partial charge is 0.481 e. The monoisotopic (exact) mass is 228 g/mol. The van der Waals surface area contributed by atoms with Crippen molar-refractivity contribution in [3.63, 3.8) is 0 Å². The van der Waals surface area contributed by atoms with E-state index in [1.165, 1.54) is 0 Å². The summed E-state index contributed by atoms with van der Waals surface area (Å²) >= 11 is 5.71. The van der Waals surface area contributed by atoms with Crippen molar-refractivity contribution in [1.82, 2.24) is 0 Å². The Hall–Kier alpha value is -1.09. The number of carboxylic acids is 1. The zero-order chi connectivity index (χ0) is 11.1. The maximum atomic E-state index is 12.8. The van der Waals surface area contributed by atoms with Crippen molar-refractivity contribution >= 4 is 17.6 Å². The molecule has 0 bridgehead atoms. The molecule has 0 atom stereocenters. The summed E-state index contributed by atoms with van der Waals surface area (Å²) in [6.45, 7) is 0. The number of hydrogen-bond donors (Lipinski definition) is 1. The topological polar surface area (TPSA) is 37.3 Å². The molecule has 2 nitrogen and oxygen atoms in total. The summed E-state index contributed by atoms with van der Waals surface area (Å²) in [5, 5.41) is 9.68. The van der Waals surface area contributed by atoms with E-state index < -0.39 is 17.6 Å². The molecule has 0 aromatic heterocycles. The minimum Gasteiger partial charge on any atom is -0.481 e. The van der Waals surface area contributed by atoms with Crippen molar-refractivity contribution in [2.45, 2.75) is 24.4 Å². The van der Waals surface area contributed by atoms with Gasteiger partial charge in [0.05, 0.1) is 5.41 Å². The molecular weight excluding hydrogens is 219 g/mol. The first-order chi connectivity index (χ1) is 7.04. The molecule has 1 fully saturated rings. The third-order valence-electron chi connectivity index (χ3n) is 2.95. The smallest absolute Gasteiger partial charge is 0.314 e. The lowest BCUT2D eigenvalue weighted by Crippen LogP contribution is -2.48. The summed E-state index contributed by atoms with van der Waals surface area (Å²) in [7, 11) is 0. The molecule has 4 heteroatoms. The number of benzene rings is 1. The van der Waals surface area contributed by atoms with Gasteiger partial charge in [0.15, 0.2) is 0 Å². The second-order valence-corrected chi connectivity index (χ2v) is 4.34. The molecule has 1 aliphatic rings. The second kappa shape index (κ2) is 3.49. The summed E-state index contributed by atoms with van der Waals surface area (Å²) in [6, 6.07) is 6.57. The van der Waals surface area contributed by atoms with Crippen molar-refractivity contribution in [3.8, 4) is 0 Å². The second-order valence-electron chi connectivity index (χ2n) is 3.90. The van der Waals surface area contributed by atoms with E-state index >= 15 is 0 Å². The van der Waals surface area contributed by atoms with Gasteiger partial charge >= 0.3 is 5.97 Å². The number of aliphatic carboxylic acids is 1. The molecule has 80 valence electrons. The fourth-order valence-corrected chi connectivity index (χ4v) is 2.13. The summed E-state index contributed by atoms with van der Waals surface area (Å²) in [4.78, 5) is 11.1. The molecular formula is C11H10ClFO2. The maximum Gasteiger partial charge on any atom is 0.314 e. The van der Waals surface area contributed by atoms with Crippen LogP contribution in [0.1, 0.15) is 18.4 Å². The molecule has 0 saturated heterocycles. The quantitative estimate of drug-likeness (QED) is 0.845. The highest BCUT2D eigenvalue weighted by Crippen LogP contribution is 2.45. The molecule has 0 amide bonds. The highest BCUT2D eigenvalue weighted by Gasteiger charge is 2.52. The number of alkyl halides is 1. The molecule has 2 rings (SSSR count). The summed E-state index contributed by atoms with van der Waals surface area (Å²) in [5.74, 6) is -0.960. The first-order valence-corrected chi connectivity index (χ1v) is 5.06. The highest BCUT2D eigenvalue weighted by atomic mass is 35.5. The van der Waals surface area contributed by atoms with Gasteiger partial charge in [-0.2, -0.15) is 0 Å². The van der Waals surface area contributed by atoms with E-state index in [1.54, 1.807) is 24.3 Å². The molecule has 15 heavy (non-hydrogen) atoms. The SMILES string of the molecule is O=C(O)C1(c2ccc(Cl)cc2)CC(F)C1. The Kier molecular flexibility index (Phi) is 2.43. The van der Waals surface area contributed by atoms with Crippen LogP contribution in [0.15, 0.2) is 24.3 Å². The Balaban J connectivity index is 2.34. The lowest BCUT2D eigenvalue weighted by molar-refractivity contribution is -0.150. The van der Waals surface area contributed by atoms with E-state index in [2.05, 4.69) is 0 Å². The first-order valence-electron chi connectivity index (χ1n) is 4.68. The van der Waals surface area contributed by atoms with Crippen LogP contribution in [0.3, 0.4) is 0 Å². The number of rotatable bonds is 2. The molecule has 0 heterocycles. The van der Waals surface area contributed by atoms with Crippen LogP contribution in [-0.2, 0) is 10.2 Å². The van der Waals surface area contributed by atoms with Gasteiger partial charge < -0.3 is 5.11 Å². The van der Waals surface area contributed by atoms with Crippen molar-refractivity contribution in [1.29, 1.82) is 0 Å². The van der Waals surface area contributed by atoms with Crippen LogP contribution in [0.2, 0.25) is 5.02 Å². The molecule has 1 saturated carbocycles. The van der Waals surface area contributed by atoms with Gasteiger partial charge in [0.1, 0.15) is 6.17 Å². The first kappa shape index (κ1) is 10.4. The van der Waals surface area contributed by atoms with Crippen molar-refractivity contribution in [2.24, 2.45) is 0 Å². The predicted molar refractivity (Wildman–Crippen MR) is 54.9 cm³/mol. The normalized spacial score (nSPS) is 29.6. The third kappa shape index (κ3) is 1.61. The zero-order valence-corrected chi connectivity index (χ0v) is 8.67. The molecule has 0 radical (unpaired) electrons. The fraction of sp³-hybridized carbons (Fsp3) is 0.364. The predicted octanol–water partition coefficient (Wildman–Crippen LogP) is 2.79. The maximum absolute atomic E-state index is 12.8. The number of carbonyl (C=O) groups is 1. The molecule has 1 aromatic carbocycles. The Bertz CT molecular complexity index is 382. The van der Waals surface area contributed by atoms with Gasteiger partial charge in [0.2, 0.25) is 0 Å². The van der Waals surface area contributed by atoms with E-state index in [9.17, 15) is 9.18 Å². The number of halogens is 2. The Morgan fingerprint density at radius 3 is 2.33 bits per heavy atom. The highest BCUT2D eigenvalue weighted by molar-refractivity contribution is 6.30. The molecule has 0 unspecified atom stereocenters. The van der Waals surface area contributed by atoms with Gasteiger partial charge in [-0.15, -0.1) is 0 Å². The van der Waals surface area contributed by atoms with Crippen LogP contribution in [-0.4, -0.2) is 17.2 Å². The van der Waals surface area contributed by atoms with E-state index in [-0.39, 0.29) is 12.8 Å². The molecule has 0 spiro atoms. The summed E-state index contributed by atoms with van der Waals surface area (Å²) < 4.78 is 12.8.